The van der Waals surface area contributed by atoms with E-state index < -0.39 is 0 Å². The molecule has 1 saturated carbocycles. The average Bonchev–Trinajstić information content (AvgIpc) is 2.95. The molecular weight excluding hydrogens is 264 g/mol. The fourth-order valence-electron chi connectivity index (χ4n) is 3.21. The number of hydrogen-bond acceptors (Lipinski definition) is 3. The summed E-state index contributed by atoms with van der Waals surface area (Å²) in [6, 6.07) is 15.6. The lowest BCUT2D eigenvalue weighted by Gasteiger charge is -2.23. The molecule has 0 saturated heterocycles. The van der Waals surface area contributed by atoms with E-state index in [-0.39, 0.29) is 0 Å². The van der Waals surface area contributed by atoms with Crippen molar-refractivity contribution in [3.05, 3.63) is 42.5 Å². The first-order valence-corrected chi connectivity index (χ1v) is 8.33. The van der Waals surface area contributed by atoms with Crippen LogP contribution >= 0.6 is 11.8 Å². The minimum absolute atomic E-state index is 0.569. The Hall–Kier alpha value is -1.48. The number of nitrogens with zero attached hydrogens (tertiary/aromatic N) is 1. The quantitative estimate of drug-likeness (QED) is 0.831. The second-order valence-corrected chi connectivity index (χ2v) is 6.70. The SMILES string of the molecule is c1ccc2cc(NC3=NC4CCCC4CS3)ccc2c1. The van der Waals surface area contributed by atoms with Crippen LogP contribution < -0.4 is 5.32 Å². The second kappa shape index (κ2) is 5.13. The van der Waals surface area contributed by atoms with Crippen LogP contribution in [0.4, 0.5) is 5.69 Å². The highest BCUT2D eigenvalue weighted by molar-refractivity contribution is 8.14. The number of hydrogen-bond donors (Lipinski definition) is 1. The van der Waals surface area contributed by atoms with Gasteiger partial charge < -0.3 is 5.32 Å². The van der Waals surface area contributed by atoms with E-state index in [0.717, 1.165) is 16.8 Å². The van der Waals surface area contributed by atoms with E-state index in [2.05, 4.69) is 47.8 Å². The van der Waals surface area contributed by atoms with Crippen molar-refractivity contribution in [2.75, 3.05) is 11.1 Å². The summed E-state index contributed by atoms with van der Waals surface area (Å²) in [6.45, 7) is 0. The van der Waals surface area contributed by atoms with Gasteiger partial charge in [0.15, 0.2) is 5.17 Å². The van der Waals surface area contributed by atoms with Crippen LogP contribution in [0.5, 0.6) is 0 Å². The summed E-state index contributed by atoms with van der Waals surface area (Å²) in [5.74, 6) is 2.05. The van der Waals surface area contributed by atoms with Gasteiger partial charge in [-0.25, -0.2) is 0 Å². The topological polar surface area (TPSA) is 24.4 Å². The Labute approximate surface area is 123 Å². The first-order chi connectivity index (χ1) is 9.88. The maximum absolute atomic E-state index is 4.89. The summed E-state index contributed by atoms with van der Waals surface area (Å²) in [5, 5.41) is 7.16. The number of aliphatic imine (C=N–C) groups is 1. The average molecular weight is 282 g/mol. The van der Waals surface area contributed by atoms with Crippen molar-refractivity contribution in [1.82, 2.24) is 0 Å². The van der Waals surface area contributed by atoms with E-state index in [4.69, 9.17) is 4.99 Å². The maximum Gasteiger partial charge on any atom is 0.161 e. The summed E-state index contributed by atoms with van der Waals surface area (Å²) in [5.41, 5.74) is 1.14. The molecule has 20 heavy (non-hydrogen) atoms. The van der Waals surface area contributed by atoms with Gasteiger partial charge >= 0.3 is 0 Å². The van der Waals surface area contributed by atoms with Crippen LogP contribution in [-0.2, 0) is 0 Å². The maximum atomic E-state index is 4.89. The largest absolute Gasteiger partial charge is 0.335 e. The van der Waals surface area contributed by atoms with Gasteiger partial charge in [0.1, 0.15) is 0 Å². The normalized spacial score (nSPS) is 25.3. The van der Waals surface area contributed by atoms with Crippen molar-refractivity contribution in [1.29, 1.82) is 0 Å². The van der Waals surface area contributed by atoms with Gasteiger partial charge in [-0.15, -0.1) is 0 Å². The highest BCUT2D eigenvalue weighted by atomic mass is 32.2. The zero-order chi connectivity index (χ0) is 13.4. The molecular formula is C17H18N2S. The number of fused-ring (bicyclic) bond motifs is 2. The summed E-state index contributed by atoms with van der Waals surface area (Å²) < 4.78 is 0. The van der Waals surface area contributed by atoms with Crippen LogP contribution in [0.25, 0.3) is 10.8 Å². The Morgan fingerprint density at radius 3 is 2.90 bits per heavy atom. The van der Waals surface area contributed by atoms with E-state index >= 15 is 0 Å². The molecule has 1 heterocycles. The zero-order valence-electron chi connectivity index (χ0n) is 11.4. The Balaban J connectivity index is 1.58. The predicted molar refractivity (Wildman–Crippen MR) is 88.6 cm³/mol. The molecule has 102 valence electrons. The van der Waals surface area contributed by atoms with Gasteiger partial charge in [0.05, 0.1) is 6.04 Å². The van der Waals surface area contributed by atoms with Crippen LogP contribution in [0, 0.1) is 5.92 Å². The van der Waals surface area contributed by atoms with E-state index in [9.17, 15) is 0 Å². The molecule has 3 heteroatoms. The fraction of sp³-hybridized carbons (Fsp3) is 0.353. The summed E-state index contributed by atoms with van der Waals surface area (Å²) >= 11 is 1.88. The van der Waals surface area contributed by atoms with Crippen molar-refractivity contribution >= 4 is 33.4 Å². The van der Waals surface area contributed by atoms with Gasteiger partial charge in [0, 0.05) is 11.4 Å². The van der Waals surface area contributed by atoms with Crippen molar-refractivity contribution in [2.24, 2.45) is 10.9 Å². The van der Waals surface area contributed by atoms with Crippen molar-refractivity contribution in [2.45, 2.75) is 25.3 Å². The second-order valence-electron chi connectivity index (χ2n) is 5.69. The first-order valence-electron chi connectivity index (χ1n) is 7.35. The van der Waals surface area contributed by atoms with Gasteiger partial charge in [-0.05, 0) is 41.7 Å². The number of thioether (sulfide) groups is 1. The Morgan fingerprint density at radius 1 is 1.05 bits per heavy atom. The molecule has 1 aliphatic carbocycles. The smallest absolute Gasteiger partial charge is 0.161 e. The van der Waals surface area contributed by atoms with Gasteiger partial charge in [-0.3, -0.25) is 4.99 Å². The zero-order valence-corrected chi connectivity index (χ0v) is 12.2. The summed E-state index contributed by atoms with van der Waals surface area (Å²) in [4.78, 5) is 4.89. The van der Waals surface area contributed by atoms with Crippen LogP contribution in [0.15, 0.2) is 47.5 Å². The molecule has 0 aromatic heterocycles. The lowest BCUT2D eigenvalue weighted by Crippen LogP contribution is -2.25. The Bertz CT molecular complexity index is 665. The van der Waals surface area contributed by atoms with Gasteiger partial charge in [0.2, 0.25) is 0 Å². The molecule has 0 amide bonds. The standard InChI is InChI=1S/C17H18N2S/c1-2-5-13-10-15(9-8-12(13)4-1)18-17-19-16-7-3-6-14(16)11-20-17/h1-2,4-5,8-10,14,16H,3,6-7,11H2,(H,18,19). The molecule has 0 bridgehead atoms. The third kappa shape index (κ3) is 2.31. The van der Waals surface area contributed by atoms with E-state index in [0.29, 0.717) is 6.04 Å². The van der Waals surface area contributed by atoms with Crippen LogP contribution in [0.2, 0.25) is 0 Å². The lowest BCUT2D eigenvalue weighted by atomic mass is 10.1. The van der Waals surface area contributed by atoms with Crippen molar-refractivity contribution in [3.63, 3.8) is 0 Å². The van der Waals surface area contributed by atoms with E-state index in [1.807, 2.05) is 11.8 Å². The van der Waals surface area contributed by atoms with E-state index in [1.165, 1.54) is 35.8 Å². The minimum atomic E-state index is 0.569. The molecule has 0 radical (unpaired) electrons. The molecule has 2 aromatic rings. The fourth-order valence-corrected chi connectivity index (χ4v) is 4.38. The van der Waals surface area contributed by atoms with Crippen LogP contribution in [-0.4, -0.2) is 17.0 Å². The Kier molecular flexibility index (Phi) is 3.15. The van der Waals surface area contributed by atoms with Crippen molar-refractivity contribution in [3.8, 4) is 0 Å². The van der Waals surface area contributed by atoms with Gasteiger partial charge in [-0.2, -0.15) is 0 Å². The Morgan fingerprint density at radius 2 is 1.95 bits per heavy atom. The molecule has 2 aromatic carbocycles. The molecule has 0 spiro atoms. The molecule has 2 nitrogen and oxygen atoms in total. The molecule has 1 aliphatic heterocycles. The molecule has 1 N–H and O–H groups in total. The van der Waals surface area contributed by atoms with Crippen molar-refractivity contribution < 1.29 is 0 Å². The van der Waals surface area contributed by atoms with Gasteiger partial charge in [0.25, 0.3) is 0 Å². The molecule has 4 rings (SSSR count). The van der Waals surface area contributed by atoms with E-state index in [1.54, 1.807) is 0 Å². The van der Waals surface area contributed by atoms with Crippen LogP contribution in [0.1, 0.15) is 19.3 Å². The summed E-state index contributed by atoms with van der Waals surface area (Å²) in [7, 11) is 0. The highest BCUT2D eigenvalue weighted by Crippen LogP contribution is 2.35. The molecule has 2 aliphatic rings. The molecule has 1 fully saturated rings. The summed E-state index contributed by atoms with van der Waals surface area (Å²) in [6.07, 6.45) is 3.99. The molecule has 2 unspecified atom stereocenters. The number of rotatable bonds is 1. The monoisotopic (exact) mass is 282 g/mol. The third-order valence-corrected chi connectivity index (χ3v) is 5.41. The minimum Gasteiger partial charge on any atom is -0.335 e. The van der Waals surface area contributed by atoms with Gasteiger partial charge in [-0.1, -0.05) is 48.5 Å². The predicted octanol–water partition coefficient (Wildman–Crippen LogP) is 4.52. The lowest BCUT2D eigenvalue weighted by molar-refractivity contribution is 0.535. The van der Waals surface area contributed by atoms with Crippen LogP contribution in [0.3, 0.4) is 0 Å². The third-order valence-electron chi connectivity index (χ3n) is 4.34. The number of amidine groups is 1. The number of nitrogens with one attached hydrogen (secondary N) is 1. The first kappa shape index (κ1) is 12.3. The number of benzene rings is 2. The number of anilines is 1. The highest BCUT2D eigenvalue weighted by Gasteiger charge is 2.30. The molecule has 2 atom stereocenters.